The van der Waals surface area contributed by atoms with Gasteiger partial charge in [0.1, 0.15) is 17.4 Å². The van der Waals surface area contributed by atoms with E-state index in [0.717, 1.165) is 27.9 Å². The summed E-state index contributed by atoms with van der Waals surface area (Å²) in [5.74, 6) is 0.224. The van der Waals surface area contributed by atoms with Crippen molar-refractivity contribution in [3.8, 4) is 23.1 Å². The number of aryl methyl sites for hydroxylation is 2. The number of benzene rings is 2. The van der Waals surface area contributed by atoms with Crippen molar-refractivity contribution in [2.24, 2.45) is 0 Å². The molecule has 0 radical (unpaired) electrons. The number of carbonyl (C=O) groups is 1. The lowest BCUT2D eigenvalue weighted by atomic mass is 10.0. The monoisotopic (exact) mass is 389 g/mol. The molecule has 1 aromatic heterocycles. The van der Waals surface area contributed by atoms with E-state index in [1.807, 2.05) is 31.4 Å². The molecule has 0 fully saturated rings. The maximum atomic E-state index is 12.5. The van der Waals surface area contributed by atoms with E-state index in [0.29, 0.717) is 10.9 Å². The number of aromatic nitrogens is 1. The molecule has 1 N–H and O–H groups in total. The smallest absolute Gasteiger partial charge is 0.268 e. The van der Waals surface area contributed by atoms with Gasteiger partial charge in [0.15, 0.2) is 5.13 Å². The van der Waals surface area contributed by atoms with Crippen LogP contribution in [0.15, 0.2) is 53.4 Å². The standard InChI is InChI=1S/C22H19N3O2S/c1-14-4-5-15(2)19(10-14)20-13-28-22(24-20)25-21(26)17(12-23)11-16-6-8-18(27-3)9-7-16/h4-11,13H,1-3H3,(H,24,25,26)/b17-11+. The second-order valence-corrected chi connectivity index (χ2v) is 7.11. The van der Waals surface area contributed by atoms with Crippen LogP contribution < -0.4 is 10.1 Å². The third kappa shape index (κ3) is 4.45. The van der Waals surface area contributed by atoms with Crippen molar-refractivity contribution in [2.75, 3.05) is 12.4 Å². The molecule has 0 aliphatic heterocycles. The number of methoxy groups -OCH3 is 1. The molecule has 0 saturated heterocycles. The van der Waals surface area contributed by atoms with Crippen molar-refractivity contribution < 1.29 is 9.53 Å². The van der Waals surface area contributed by atoms with E-state index in [4.69, 9.17) is 4.74 Å². The summed E-state index contributed by atoms with van der Waals surface area (Å²) >= 11 is 1.33. The number of rotatable bonds is 5. The van der Waals surface area contributed by atoms with Crippen LogP contribution in [0.3, 0.4) is 0 Å². The number of amides is 1. The fourth-order valence-electron chi connectivity index (χ4n) is 2.65. The number of hydrogen-bond donors (Lipinski definition) is 1. The van der Waals surface area contributed by atoms with Crippen molar-refractivity contribution in [2.45, 2.75) is 13.8 Å². The van der Waals surface area contributed by atoms with Crippen LogP contribution in [0.5, 0.6) is 5.75 Å². The second kappa shape index (κ2) is 8.51. The fraction of sp³-hybridized carbons (Fsp3) is 0.136. The van der Waals surface area contributed by atoms with Gasteiger partial charge in [-0.15, -0.1) is 11.3 Å². The minimum absolute atomic E-state index is 0.00801. The molecular formula is C22H19N3O2S. The van der Waals surface area contributed by atoms with Crippen LogP contribution >= 0.6 is 11.3 Å². The first-order chi connectivity index (χ1) is 13.5. The predicted octanol–water partition coefficient (Wildman–Crippen LogP) is 4.98. The summed E-state index contributed by atoms with van der Waals surface area (Å²) in [6.07, 6.45) is 1.54. The highest BCUT2D eigenvalue weighted by atomic mass is 32.1. The Morgan fingerprint density at radius 2 is 1.96 bits per heavy atom. The van der Waals surface area contributed by atoms with E-state index >= 15 is 0 Å². The summed E-state index contributed by atoms with van der Waals surface area (Å²) in [4.78, 5) is 17.0. The minimum Gasteiger partial charge on any atom is -0.497 e. The molecule has 3 rings (SSSR count). The third-order valence-electron chi connectivity index (χ3n) is 4.19. The van der Waals surface area contributed by atoms with Crippen LogP contribution in [0.2, 0.25) is 0 Å². The number of nitriles is 1. The van der Waals surface area contributed by atoms with Crippen LogP contribution in [0, 0.1) is 25.2 Å². The maximum Gasteiger partial charge on any atom is 0.268 e. The minimum atomic E-state index is -0.486. The normalized spacial score (nSPS) is 11.0. The van der Waals surface area contributed by atoms with Gasteiger partial charge in [-0.2, -0.15) is 5.26 Å². The zero-order chi connectivity index (χ0) is 20.1. The molecule has 2 aromatic carbocycles. The summed E-state index contributed by atoms with van der Waals surface area (Å²) in [6.45, 7) is 4.05. The lowest BCUT2D eigenvalue weighted by Gasteiger charge is -2.04. The number of nitrogens with one attached hydrogen (secondary N) is 1. The summed E-state index contributed by atoms with van der Waals surface area (Å²) in [5, 5.41) is 14.4. The molecule has 0 unspecified atom stereocenters. The van der Waals surface area contributed by atoms with Crippen molar-refractivity contribution in [3.05, 3.63) is 70.1 Å². The van der Waals surface area contributed by atoms with Crippen LogP contribution in [0.1, 0.15) is 16.7 Å². The Morgan fingerprint density at radius 3 is 2.64 bits per heavy atom. The highest BCUT2D eigenvalue weighted by Gasteiger charge is 2.13. The number of thiazole rings is 1. The Bertz CT molecular complexity index is 1080. The van der Waals surface area contributed by atoms with E-state index in [2.05, 4.69) is 22.4 Å². The van der Waals surface area contributed by atoms with Crippen LogP contribution in [-0.2, 0) is 4.79 Å². The first-order valence-electron chi connectivity index (χ1n) is 8.60. The zero-order valence-corrected chi connectivity index (χ0v) is 16.6. The SMILES string of the molecule is COc1ccc(/C=C(\C#N)C(=O)Nc2nc(-c3cc(C)ccc3C)cs2)cc1. The van der Waals surface area contributed by atoms with Gasteiger partial charge in [-0.3, -0.25) is 10.1 Å². The molecular weight excluding hydrogens is 370 g/mol. The quantitative estimate of drug-likeness (QED) is 0.493. The van der Waals surface area contributed by atoms with Gasteiger partial charge in [-0.05, 0) is 49.2 Å². The van der Waals surface area contributed by atoms with Gasteiger partial charge in [0.25, 0.3) is 5.91 Å². The van der Waals surface area contributed by atoms with Crippen LogP contribution in [-0.4, -0.2) is 18.0 Å². The Morgan fingerprint density at radius 1 is 1.21 bits per heavy atom. The van der Waals surface area contributed by atoms with Crippen LogP contribution in [0.25, 0.3) is 17.3 Å². The number of ether oxygens (including phenoxy) is 1. The van der Waals surface area contributed by atoms with Gasteiger partial charge in [0, 0.05) is 10.9 Å². The highest BCUT2D eigenvalue weighted by molar-refractivity contribution is 7.14. The Labute approximate surface area is 167 Å². The van der Waals surface area contributed by atoms with E-state index in [9.17, 15) is 10.1 Å². The molecule has 0 saturated carbocycles. The average Bonchev–Trinajstić information content (AvgIpc) is 3.16. The maximum absolute atomic E-state index is 12.5. The Balaban J connectivity index is 1.78. The third-order valence-corrected chi connectivity index (χ3v) is 4.94. The molecule has 5 nitrogen and oxygen atoms in total. The van der Waals surface area contributed by atoms with Crippen molar-refractivity contribution >= 4 is 28.5 Å². The average molecular weight is 389 g/mol. The predicted molar refractivity (Wildman–Crippen MR) is 112 cm³/mol. The molecule has 0 aliphatic carbocycles. The number of hydrogen-bond acceptors (Lipinski definition) is 5. The number of carbonyl (C=O) groups excluding carboxylic acids is 1. The largest absolute Gasteiger partial charge is 0.497 e. The van der Waals surface area contributed by atoms with Gasteiger partial charge in [0.2, 0.25) is 0 Å². The first kappa shape index (κ1) is 19.3. The summed E-state index contributed by atoms with van der Waals surface area (Å²) in [6, 6.07) is 15.2. The van der Waals surface area contributed by atoms with Crippen molar-refractivity contribution in [1.82, 2.24) is 4.98 Å². The molecule has 1 amide bonds. The zero-order valence-electron chi connectivity index (χ0n) is 15.8. The fourth-order valence-corrected chi connectivity index (χ4v) is 3.35. The lowest BCUT2D eigenvalue weighted by molar-refractivity contribution is -0.112. The van der Waals surface area contributed by atoms with Gasteiger partial charge >= 0.3 is 0 Å². The molecule has 1 heterocycles. The molecule has 140 valence electrons. The molecule has 6 heteroatoms. The van der Waals surface area contributed by atoms with E-state index in [1.165, 1.54) is 17.4 Å². The van der Waals surface area contributed by atoms with Gasteiger partial charge in [-0.25, -0.2) is 4.98 Å². The van der Waals surface area contributed by atoms with E-state index in [-0.39, 0.29) is 5.57 Å². The molecule has 28 heavy (non-hydrogen) atoms. The summed E-state index contributed by atoms with van der Waals surface area (Å²) in [7, 11) is 1.58. The van der Waals surface area contributed by atoms with Crippen molar-refractivity contribution in [3.63, 3.8) is 0 Å². The Kier molecular flexibility index (Phi) is 5.87. The van der Waals surface area contributed by atoms with Gasteiger partial charge in [0.05, 0.1) is 12.8 Å². The van der Waals surface area contributed by atoms with E-state index in [1.54, 1.807) is 31.4 Å². The highest BCUT2D eigenvalue weighted by Crippen LogP contribution is 2.28. The van der Waals surface area contributed by atoms with Gasteiger partial charge in [-0.1, -0.05) is 29.8 Å². The molecule has 0 atom stereocenters. The number of nitrogens with zero attached hydrogens (tertiary/aromatic N) is 2. The Hall–Kier alpha value is -3.43. The topological polar surface area (TPSA) is 75.0 Å². The number of anilines is 1. The second-order valence-electron chi connectivity index (χ2n) is 6.25. The summed E-state index contributed by atoms with van der Waals surface area (Å²) in [5.41, 5.74) is 4.85. The van der Waals surface area contributed by atoms with Crippen molar-refractivity contribution in [1.29, 1.82) is 5.26 Å². The van der Waals surface area contributed by atoms with E-state index < -0.39 is 5.91 Å². The summed E-state index contributed by atoms with van der Waals surface area (Å²) < 4.78 is 5.11. The van der Waals surface area contributed by atoms with Crippen LogP contribution in [0.4, 0.5) is 5.13 Å². The molecule has 0 spiro atoms. The first-order valence-corrected chi connectivity index (χ1v) is 9.48. The molecule has 3 aromatic rings. The van der Waals surface area contributed by atoms with Gasteiger partial charge < -0.3 is 4.74 Å². The molecule has 0 aliphatic rings. The molecule has 0 bridgehead atoms. The lowest BCUT2D eigenvalue weighted by Crippen LogP contribution is -2.13.